The van der Waals surface area contributed by atoms with E-state index in [0.29, 0.717) is 21.3 Å². The molecule has 0 radical (unpaired) electrons. The molecule has 0 aliphatic rings. The van der Waals surface area contributed by atoms with Gasteiger partial charge in [0.2, 0.25) is 0 Å². The molecule has 8 heteroatoms. The Hall–Kier alpha value is -3.54. The number of hydrogen-bond acceptors (Lipinski definition) is 7. The quantitative estimate of drug-likeness (QED) is 0.443. The molecule has 3 heterocycles. The summed E-state index contributed by atoms with van der Waals surface area (Å²) in [6.07, 6.45) is 7.06. The van der Waals surface area contributed by atoms with Gasteiger partial charge in [-0.3, -0.25) is 15.1 Å². The van der Waals surface area contributed by atoms with Crippen molar-refractivity contribution >= 4 is 34.1 Å². The third kappa shape index (κ3) is 4.22. The number of rotatable bonds is 5. The summed E-state index contributed by atoms with van der Waals surface area (Å²) in [5.41, 5.74) is 4.60. The highest BCUT2D eigenvalue weighted by atomic mass is 32.2. The number of nitrogens with zero attached hydrogens (tertiary/aromatic N) is 4. The van der Waals surface area contributed by atoms with Crippen LogP contribution in [0.25, 0.3) is 22.4 Å². The van der Waals surface area contributed by atoms with E-state index < -0.39 is 0 Å². The van der Waals surface area contributed by atoms with Gasteiger partial charge in [-0.15, -0.1) is 23.1 Å². The molecule has 0 saturated heterocycles. The highest BCUT2D eigenvalue weighted by Crippen LogP contribution is 2.29. The van der Waals surface area contributed by atoms with E-state index in [-0.39, 0.29) is 5.91 Å². The number of anilines is 1. The zero-order valence-electron chi connectivity index (χ0n) is 15.9. The Balaban J connectivity index is 1.55. The minimum Gasteiger partial charge on any atom is -0.298 e. The molecule has 6 nitrogen and oxygen atoms in total. The first-order valence-corrected chi connectivity index (χ1v) is 11.0. The lowest BCUT2D eigenvalue weighted by Gasteiger charge is -2.05. The van der Waals surface area contributed by atoms with Gasteiger partial charge in [-0.25, -0.2) is 9.97 Å². The summed E-state index contributed by atoms with van der Waals surface area (Å²) < 4.78 is 0. The number of thioether (sulfide) groups is 1. The van der Waals surface area contributed by atoms with Crippen LogP contribution < -0.4 is 5.32 Å². The van der Waals surface area contributed by atoms with Gasteiger partial charge in [-0.05, 0) is 42.2 Å². The summed E-state index contributed by atoms with van der Waals surface area (Å²) >= 11 is 2.78. The van der Waals surface area contributed by atoms with Crippen molar-refractivity contribution in [2.24, 2.45) is 0 Å². The number of benzene rings is 1. The van der Waals surface area contributed by atoms with Gasteiger partial charge in [-0.2, -0.15) is 5.26 Å². The Morgan fingerprint density at radius 2 is 1.93 bits per heavy atom. The molecule has 0 aliphatic heterocycles. The summed E-state index contributed by atoms with van der Waals surface area (Å²) in [7, 11) is 0. The molecule has 4 aromatic rings. The van der Waals surface area contributed by atoms with Crippen LogP contribution in [0.1, 0.15) is 15.9 Å². The van der Waals surface area contributed by atoms with Gasteiger partial charge < -0.3 is 0 Å². The third-order valence-corrected chi connectivity index (χ3v) is 5.78. The molecular weight excluding hydrogens is 414 g/mol. The van der Waals surface area contributed by atoms with Crippen LogP contribution >= 0.6 is 23.1 Å². The van der Waals surface area contributed by atoms with Crippen LogP contribution in [0, 0.1) is 11.3 Å². The average molecular weight is 430 g/mol. The largest absolute Gasteiger partial charge is 0.298 e. The molecule has 0 atom stereocenters. The molecule has 0 unspecified atom stereocenters. The second-order valence-corrected chi connectivity index (χ2v) is 7.86. The number of nitrogens with one attached hydrogen (secondary N) is 1. The van der Waals surface area contributed by atoms with Crippen LogP contribution in [0.3, 0.4) is 0 Å². The topological polar surface area (TPSA) is 91.6 Å². The second kappa shape index (κ2) is 8.86. The lowest BCUT2D eigenvalue weighted by Crippen LogP contribution is -2.13. The summed E-state index contributed by atoms with van der Waals surface area (Å²) in [4.78, 5) is 25.7. The van der Waals surface area contributed by atoms with Gasteiger partial charge in [0.05, 0.1) is 22.9 Å². The molecule has 3 aromatic heterocycles. The Kier molecular flexibility index (Phi) is 5.84. The first-order chi connectivity index (χ1) is 14.7. The highest BCUT2D eigenvalue weighted by Gasteiger charge is 2.14. The Bertz CT molecular complexity index is 1240. The maximum absolute atomic E-state index is 12.6. The first-order valence-electron chi connectivity index (χ1n) is 8.90. The summed E-state index contributed by atoms with van der Waals surface area (Å²) in [6, 6.07) is 14.9. The molecule has 1 aromatic carbocycles. The maximum atomic E-state index is 12.6. The second-order valence-electron chi connectivity index (χ2n) is 6.20. The van der Waals surface area contributed by atoms with Gasteiger partial charge in [0, 0.05) is 35.1 Å². The van der Waals surface area contributed by atoms with Gasteiger partial charge >= 0.3 is 0 Å². The maximum Gasteiger partial charge on any atom is 0.260 e. The fraction of sp³-hybridized carbons (Fsp3) is 0.0455. The average Bonchev–Trinajstić information content (AvgIpc) is 3.27. The van der Waals surface area contributed by atoms with E-state index in [4.69, 9.17) is 5.26 Å². The van der Waals surface area contributed by atoms with E-state index in [2.05, 4.69) is 26.3 Å². The molecule has 146 valence electrons. The van der Waals surface area contributed by atoms with E-state index >= 15 is 0 Å². The SMILES string of the molecule is CSc1ncccc1C(=O)Nc1nc(-c2cncc(-c3ccc(C#N)cc3)c2)cs1. The molecule has 0 saturated carbocycles. The Morgan fingerprint density at radius 1 is 1.13 bits per heavy atom. The van der Waals surface area contributed by atoms with Crippen molar-refractivity contribution in [2.45, 2.75) is 5.03 Å². The van der Waals surface area contributed by atoms with Crippen LogP contribution in [0.15, 0.2) is 71.5 Å². The molecule has 30 heavy (non-hydrogen) atoms. The van der Waals surface area contributed by atoms with Crippen LogP contribution in [0.5, 0.6) is 0 Å². The monoisotopic (exact) mass is 429 g/mol. The zero-order chi connectivity index (χ0) is 20.9. The first kappa shape index (κ1) is 19.8. The molecule has 0 bridgehead atoms. The molecule has 1 amide bonds. The van der Waals surface area contributed by atoms with Crippen molar-refractivity contribution in [2.75, 3.05) is 11.6 Å². The van der Waals surface area contributed by atoms with E-state index in [1.54, 1.807) is 42.9 Å². The molecule has 0 spiro atoms. The molecule has 4 rings (SSSR count). The standard InChI is InChI=1S/C22H15N5OS2/c1-29-21-18(3-2-8-25-21)20(28)27-22-26-19(13-30-22)17-9-16(11-24-12-17)15-6-4-14(10-23)5-7-15/h2-9,11-13H,1H3,(H,26,27,28). The van der Waals surface area contributed by atoms with Crippen LogP contribution in [0.4, 0.5) is 5.13 Å². The summed E-state index contributed by atoms with van der Waals surface area (Å²) in [5, 5.41) is 14.9. The minimum atomic E-state index is -0.238. The molecule has 1 N–H and O–H groups in total. The number of carbonyl (C=O) groups excluding carboxylic acids is 1. The highest BCUT2D eigenvalue weighted by molar-refractivity contribution is 7.98. The van der Waals surface area contributed by atoms with Crippen LogP contribution in [0.2, 0.25) is 0 Å². The van der Waals surface area contributed by atoms with Crippen LogP contribution in [-0.2, 0) is 0 Å². The van der Waals surface area contributed by atoms with Crippen molar-refractivity contribution in [1.29, 1.82) is 5.26 Å². The predicted molar refractivity (Wildman–Crippen MR) is 119 cm³/mol. The zero-order valence-corrected chi connectivity index (χ0v) is 17.5. The number of carbonyl (C=O) groups is 1. The fourth-order valence-corrected chi connectivity index (χ4v) is 4.09. The van der Waals surface area contributed by atoms with E-state index in [1.165, 1.54) is 23.1 Å². The van der Waals surface area contributed by atoms with Gasteiger partial charge in [0.25, 0.3) is 5.91 Å². The number of hydrogen-bond donors (Lipinski definition) is 1. The number of aromatic nitrogens is 3. The van der Waals surface area contributed by atoms with Crippen LogP contribution in [-0.4, -0.2) is 27.1 Å². The van der Waals surface area contributed by atoms with Crippen molar-refractivity contribution in [1.82, 2.24) is 15.0 Å². The predicted octanol–water partition coefficient (Wildman–Crippen LogP) is 5.11. The van der Waals surface area contributed by atoms with E-state index in [9.17, 15) is 4.79 Å². The van der Waals surface area contributed by atoms with Crippen molar-refractivity contribution in [3.05, 3.63) is 77.6 Å². The summed E-state index contributed by atoms with van der Waals surface area (Å²) in [5.74, 6) is -0.238. The Morgan fingerprint density at radius 3 is 2.70 bits per heavy atom. The Labute approximate surface area is 181 Å². The number of pyridine rings is 2. The smallest absolute Gasteiger partial charge is 0.260 e. The number of thiazole rings is 1. The minimum absolute atomic E-state index is 0.238. The molecule has 0 fully saturated rings. The number of amides is 1. The van der Waals surface area contributed by atoms with Gasteiger partial charge in [0.15, 0.2) is 5.13 Å². The normalized spacial score (nSPS) is 10.4. The van der Waals surface area contributed by atoms with Gasteiger partial charge in [0.1, 0.15) is 5.03 Å². The van der Waals surface area contributed by atoms with Crippen molar-refractivity contribution in [3.63, 3.8) is 0 Å². The van der Waals surface area contributed by atoms with E-state index in [1.807, 2.05) is 29.8 Å². The molecular formula is C22H15N5OS2. The third-order valence-electron chi connectivity index (χ3n) is 4.32. The number of nitriles is 1. The van der Waals surface area contributed by atoms with Crippen molar-refractivity contribution in [3.8, 4) is 28.5 Å². The van der Waals surface area contributed by atoms with Crippen molar-refractivity contribution < 1.29 is 4.79 Å². The summed E-state index contributed by atoms with van der Waals surface area (Å²) in [6.45, 7) is 0. The van der Waals surface area contributed by atoms with E-state index in [0.717, 1.165) is 22.4 Å². The lowest BCUT2D eigenvalue weighted by atomic mass is 10.0. The molecule has 0 aliphatic carbocycles. The van der Waals surface area contributed by atoms with Gasteiger partial charge in [-0.1, -0.05) is 12.1 Å². The lowest BCUT2D eigenvalue weighted by molar-refractivity contribution is 0.102. The fourth-order valence-electron chi connectivity index (χ4n) is 2.83.